The van der Waals surface area contributed by atoms with Gasteiger partial charge in [0, 0.05) is 21.3 Å². The monoisotopic (exact) mass is 334 g/mol. The van der Waals surface area contributed by atoms with Crippen LogP contribution in [0.5, 0.6) is 5.75 Å². The number of aryl methyl sites for hydroxylation is 1. The second kappa shape index (κ2) is 5.96. The first-order chi connectivity index (χ1) is 9.47. The Kier molecular flexibility index (Phi) is 4.29. The fourth-order valence-electron chi connectivity index (χ4n) is 1.81. The number of anilines is 1. The lowest BCUT2D eigenvalue weighted by molar-refractivity contribution is 0.100. The molecule has 0 spiro atoms. The fourth-order valence-corrected chi connectivity index (χ4v) is 2.29. The first-order valence-electron chi connectivity index (χ1n) is 6.04. The number of halogens is 1. The topological polar surface area (TPSA) is 78.3 Å². The Bertz CT molecular complexity index is 656. The zero-order valence-corrected chi connectivity index (χ0v) is 12.6. The average Bonchev–Trinajstić information content (AvgIpc) is 2.38. The van der Waals surface area contributed by atoms with Gasteiger partial charge in [-0.3, -0.25) is 4.79 Å². The summed E-state index contributed by atoms with van der Waals surface area (Å²) >= 11 is 3.41. The maximum atomic E-state index is 11.1. The number of carbonyl (C=O) groups excluding carboxylic acids is 1. The number of nitrogen functional groups attached to an aromatic ring is 1. The Hall–Kier alpha value is -2.01. The van der Waals surface area contributed by atoms with Gasteiger partial charge in [0.15, 0.2) is 0 Å². The van der Waals surface area contributed by atoms with Gasteiger partial charge in [0.1, 0.15) is 12.4 Å². The molecular weight excluding hydrogens is 320 g/mol. The third-order valence-corrected chi connectivity index (χ3v) is 3.44. The predicted molar refractivity (Wildman–Crippen MR) is 82.6 cm³/mol. The number of benzene rings is 2. The van der Waals surface area contributed by atoms with Gasteiger partial charge in [-0.1, -0.05) is 22.0 Å². The van der Waals surface area contributed by atoms with Crippen molar-refractivity contribution in [1.82, 2.24) is 0 Å². The number of rotatable bonds is 4. The summed E-state index contributed by atoms with van der Waals surface area (Å²) in [5.74, 6) is 0.305. The van der Waals surface area contributed by atoms with Gasteiger partial charge in [0.25, 0.3) is 0 Å². The van der Waals surface area contributed by atoms with Crippen molar-refractivity contribution in [2.45, 2.75) is 13.5 Å². The number of hydrogen-bond acceptors (Lipinski definition) is 3. The molecule has 0 bridgehead atoms. The largest absolute Gasteiger partial charge is 0.489 e. The Labute approximate surface area is 125 Å². The van der Waals surface area contributed by atoms with Gasteiger partial charge in [-0.05, 0) is 42.8 Å². The van der Waals surface area contributed by atoms with Crippen LogP contribution in [0.15, 0.2) is 40.9 Å². The van der Waals surface area contributed by atoms with Gasteiger partial charge in [-0.25, -0.2) is 0 Å². The van der Waals surface area contributed by atoms with E-state index in [1.807, 2.05) is 25.1 Å². The molecule has 0 aliphatic rings. The highest BCUT2D eigenvalue weighted by Gasteiger charge is 2.06. The molecule has 0 fully saturated rings. The number of hydrogen-bond donors (Lipinski definition) is 2. The molecule has 1 amide bonds. The van der Waals surface area contributed by atoms with E-state index in [0.29, 0.717) is 17.9 Å². The molecule has 20 heavy (non-hydrogen) atoms. The van der Waals surface area contributed by atoms with Crippen LogP contribution in [0.25, 0.3) is 0 Å². The molecule has 0 saturated carbocycles. The van der Waals surface area contributed by atoms with Crippen LogP contribution in [0, 0.1) is 6.92 Å². The molecule has 104 valence electrons. The van der Waals surface area contributed by atoms with Crippen LogP contribution in [0.4, 0.5) is 5.69 Å². The predicted octanol–water partition coefficient (Wildman–Crippen LogP) is 3.02. The molecule has 0 aliphatic heterocycles. The van der Waals surface area contributed by atoms with E-state index in [-0.39, 0.29) is 0 Å². The zero-order valence-electron chi connectivity index (χ0n) is 11.0. The van der Waals surface area contributed by atoms with Crippen LogP contribution >= 0.6 is 15.9 Å². The summed E-state index contributed by atoms with van der Waals surface area (Å²) in [5, 5.41) is 0. The van der Waals surface area contributed by atoms with Gasteiger partial charge in [-0.2, -0.15) is 0 Å². The minimum absolute atomic E-state index is 0.341. The van der Waals surface area contributed by atoms with Gasteiger partial charge in [0.05, 0.1) is 0 Å². The molecule has 0 heterocycles. The van der Waals surface area contributed by atoms with Crippen molar-refractivity contribution in [1.29, 1.82) is 0 Å². The second-order valence-electron chi connectivity index (χ2n) is 4.48. The quantitative estimate of drug-likeness (QED) is 0.843. The highest BCUT2D eigenvalue weighted by atomic mass is 79.9. The average molecular weight is 335 g/mol. The summed E-state index contributed by atoms with van der Waals surface area (Å²) in [7, 11) is 0. The van der Waals surface area contributed by atoms with Crippen molar-refractivity contribution in [3.63, 3.8) is 0 Å². The van der Waals surface area contributed by atoms with E-state index in [4.69, 9.17) is 16.2 Å². The summed E-state index contributed by atoms with van der Waals surface area (Å²) < 4.78 is 6.75. The van der Waals surface area contributed by atoms with Gasteiger partial charge < -0.3 is 16.2 Å². The van der Waals surface area contributed by atoms with Crippen LogP contribution in [0.1, 0.15) is 21.5 Å². The summed E-state index contributed by atoms with van der Waals surface area (Å²) in [6, 6.07) is 10.8. The number of nitrogens with two attached hydrogens (primary N) is 2. The van der Waals surface area contributed by atoms with Gasteiger partial charge >= 0.3 is 0 Å². The van der Waals surface area contributed by atoms with Crippen molar-refractivity contribution in [3.05, 3.63) is 57.6 Å². The van der Waals surface area contributed by atoms with Crippen molar-refractivity contribution in [2.24, 2.45) is 5.73 Å². The standard InChI is InChI=1S/C15H15BrN2O2/c1-9-6-12(16)4-5-14(9)20-8-11-3-2-10(15(18)19)7-13(11)17/h2-7H,8,17H2,1H3,(H2,18,19). The van der Waals surface area contributed by atoms with Crippen molar-refractivity contribution < 1.29 is 9.53 Å². The highest BCUT2D eigenvalue weighted by molar-refractivity contribution is 9.10. The molecule has 2 aromatic carbocycles. The fraction of sp³-hybridized carbons (Fsp3) is 0.133. The second-order valence-corrected chi connectivity index (χ2v) is 5.39. The number of primary amides is 1. The summed E-state index contributed by atoms with van der Waals surface area (Å²) in [5.41, 5.74) is 13.8. The lowest BCUT2D eigenvalue weighted by Crippen LogP contribution is -2.12. The number of carbonyl (C=O) groups is 1. The van der Waals surface area contributed by atoms with Crippen LogP contribution < -0.4 is 16.2 Å². The smallest absolute Gasteiger partial charge is 0.248 e. The number of ether oxygens (including phenoxy) is 1. The van der Waals surface area contributed by atoms with E-state index >= 15 is 0 Å². The Morgan fingerprint density at radius 1 is 1.25 bits per heavy atom. The van der Waals surface area contributed by atoms with Crippen molar-refractivity contribution in [2.75, 3.05) is 5.73 Å². The minimum atomic E-state index is -0.493. The zero-order chi connectivity index (χ0) is 14.7. The Morgan fingerprint density at radius 2 is 2.00 bits per heavy atom. The van der Waals surface area contributed by atoms with E-state index < -0.39 is 5.91 Å². The molecule has 0 aromatic heterocycles. The SMILES string of the molecule is Cc1cc(Br)ccc1OCc1ccc(C(N)=O)cc1N. The molecule has 0 atom stereocenters. The highest BCUT2D eigenvalue weighted by Crippen LogP contribution is 2.24. The maximum absolute atomic E-state index is 11.1. The minimum Gasteiger partial charge on any atom is -0.489 e. The lowest BCUT2D eigenvalue weighted by atomic mass is 10.1. The van der Waals surface area contributed by atoms with Crippen LogP contribution in [0.2, 0.25) is 0 Å². The molecule has 0 unspecified atom stereocenters. The van der Waals surface area contributed by atoms with E-state index in [1.165, 1.54) is 0 Å². The maximum Gasteiger partial charge on any atom is 0.248 e. The Morgan fingerprint density at radius 3 is 2.60 bits per heavy atom. The van der Waals surface area contributed by atoms with Crippen LogP contribution in [-0.4, -0.2) is 5.91 Å². The molecule has 4 nitrogen and oxygen atoms in total. The van der Waals surface area contributed by atoms with Gasteiger partial charge in [0.2, 0.25) is 5.91 Å². The Balaban J connectivity index is 2.13. The van der Waals surface area contributed by atoms with E-state index in [0.717, 1.165) is 21.3 Å². The lowest BCUT2D eigenvalue weighted by Gasteiger charge is -2.11. The molecule has 5 heteroatoms. The number of amides is 1. The first kappa shape index (κ1) is 14.4. The van der Waals surface area contributed by atoms with E-state index in [1.54, 1.807) is 18.2 Å². The molecule has 0 aliphatic carbocycles. The normalized spacial score (nSPS) is 10.3. The van der Waals surface area contributed by atoms with Gasteiger partial charge in [-0.15, -0.1) is 0 Å². The van der Waals surface area contributed by atoms with Crippen LogP contribution in [-0.2, 0) is 6.61 Å². The van der Waals surface area contributed by atoms with E-state index in [2.05, 4.69) is 15.9 Å². The van der Waals surface area contributed by atoms with Crippen molar-refractivity contribution in [3.8, 4) is 5.75 Å². The summed E-state index contributed by atoms with van der Waals surface area (Å²) in [6.45, 7) is 2.31. The third kappa shape index (κ3) is 3.30. The summed E-state index contributed by atoms with van der Waals surface area (Å²) in [4.78, 5) is 11.1. The third-order valence-electron chi connectivity index (χ3n) is 2.95. The molecule has 2 aromatic rings. The first-order valence-corrected chi connectivity index (χ1v) is 6.84. The summed E-state index contributed by atoms with van der Waals surface area (Å²) in [6.07, 6.45) is 0. The molecular formula is C15H15BrN2O2. The molecule has 0 saturated heterocycles. The van der Waals surface area contributed by atoms with Crippen molar-refractivity contribution >= 4 is 27.5 Å². The van der Waals surface area contributed by atoms with E-state index in [9.17, 15) is 4.79 Å². The molecule has 4 N–H and O–H groups in total. The molecule has 0 radical (unpaired) electrons. The molecule has 2 rings (SSSR count). The van der Waals surface area contributed by atoms with Crippen LogP contribution in [0.3, 0.4) is 0 Å².